The smallest absolute Gasteiger partial charge is 0.230 e. The van der Waals surface area contributed by atoms with E-state index in [1.807, 2.05) is 18.5 Å². The van der Waals surface area contributed by atoms with Crippen LogP contribution >= 0.6 is 0 Å². The molecule has 0 bridgehead atoms. The Labute approximate surface area is 143 Å². The highest BCUT2D eigenvalue weighted by molar-refractivity contribution is 5.85. The molecule has 3 nitrogen and oxygen atoms in total. The molecule has 1 saturated heterocycles. The first-order valence-corrected chi connectivity index (χ1v) is 9.06. The number of carbonyl (C=O) groups excluding carboxylic acids is 1. The van der Waals surface area contributed by atoms with E-state index in [0.717, 1.165) is 13.1 Å². The van der Waals surface area contributed by atoms with E-state index in [-0.39, 0.29) is 5.92 Å². The Morgan fingerprint density at radius 3 is 2.33 bits per heavy atom. The summed E-state index contributed by atoms with van der Waals surface area (Å²) in [6.45, 7) is 1.69. The molecule has 2 aromatic rings. The highest BCUT2D eigenvalue weighted by Gasteiger charge is 2.39. The number of aromatic nitrogens is 1. The van der Waals surface area contributed by atoms with Crippen LogP contribution in [0.5, 0.6) is 0 Å². The Morgan fingerprint density at radius 1 is 1.00 bits per heavy atom. The van der Waals surface area contributed by atoms with Crippen LogP contribution in [-0.2, 0) is 4.79 Å². The number of likely N-dealkylation sites (tertiary alicyclic amines) is 1. The highest BCUT2D eigenvalue weighted by Crippen LogP contribution is 2.40. The van der Waals surface area contributed by atoms with Gasteiger partial charge in [0.25, 0.3) is 0 Å². The van der Waals surface area contributed by atoms with Gasteiger partial charge in [-0.2, -0.15) is 0 Å². The molecule has 0 N–H and O–H groups in total. The summed E-state index contributed by atoms with van der Waals surface area (Å²) < 4.78 is 0. The van der Waals surface area contributed by atoms with Gasteiger partial charge in [0.2, 0.25) is 5.91 Å². The van der Waals surface area contributed by atoms with Crippen molar-refractivity contribution >= 4 is 5.91 Å². The number of hydrogen-bond donors (Lipinski definition) is 0. The lowest BCUT2D eigenvalue weighted by Crippen LogP contribution is -2.51. The van der Waals surface area contributed by atoms with Crippen molar-refractivity contribution in [1.82, 2.24) is 9.88 Å². The molecule has 1 unspecified atom stereocenters. The topological polar surface area (TPSA) is 33.2 Å². The molecule has 1 saturated carbocycles. The number of benzene rings is 1. The molecule has 1 aromatic carbocycles. The van der Waals surface area contributed by atoms with Crippen molar-refractivity contribution in [1.29, 1.82) is 0 Å². The molecule has 4 rings (SSSR count). The summed E-state index contributed by atoms with van der Waals surface area (Å²) in [5.74, 6) is 1.36. The average molecular weight is 320 g/mol. The quantitative estimate of drug-likeness (QED) is 0.853. The third kappa shape index (κ3) is 2.95. The largest absolute Gasteiger partial charge is 0.341 e. The monoisotopic (exact) mass is 320 g/mol. The van der Waals surface area contributed by atoms with Gasteiger partial charge in [0.05, 0.1) is 5.92 Å². The Bertz CT molecular complexity index is 673. The van der Waals surface area contributed by atoms with Crippen LogP contribution in [0.2, 0.25) is 0 Å². The number of nitrogens with zero attached hydrogens (tertiary/aromatic N) is 2. The van der Waals surface area contributed by atoms with Gasteiger partial charge in [0.15, 0.2) is 0 Å². The third-order valence-corrected chi connectivity index (χ3v) is 5.67. The van der Waals surface area contributed by atoms with Crippen LogP contribution < -0.4 is 0 Å². The van der Waals surface area contributed by atoms with Gasteiger partial charge in [0, 0.05) is 31.4 Å². The van der Waals surface area contributed by atoms with Gasteiger partial charge < -0.3 is 4.90 Å². The zero-order chi connectivity index (χ0) is 16.4. The first-order valence-electron chi connectivity index (χ1n) is 9.06. The second-order valence-corrected chi connectivity index (χ2v) is 7.15. The maximum atomic E-state index is 13.2. The van der Waals surface area contributed by atoms with Crippen LogP contribution in [0.1, 0.15) is 48.6 Å². The van der Waals surface area contributed by atoms with Crippen LogP contribution in [0.25, 0.3) is 0 Å². The fraction of sp³-hybridized carbons (Fsp3) is 0.429. The number of hydrogen-bond acceptors (Lipinski definition) is 2. The van der Waals surface area contributed by atoms with Crippen molar-refractivity contribution in [3.8, 4) is 0 Å². The van der Waals surface area contributed by atoms with E-state index in [2.05, 4.69) is 46.3 Å². The zero-order valence-corrected chi connectivity index (χ0v) is 14.0. The molecule has 1 aliphatic heterocycles. The van der Waals surface area contributed by atoms with Gasteiger partial charge in [0.1, 0.15) is 0 Å². The minimum absolute atomic E-state index is 0.0482. The molecule has 24 heavy (non-hydrogen) atoms. The van der Waals surface area contributed by atoms with E-state index in [1.165, 1.54) is 36.8 Å². The predicted octanol–water partition coefficient (Wildman–Crippen LogP) is 3.98. The van der Waals surface area contributed by atoms with Crippen LogP contribution in [-0.4, -0.2) is 28.9 Å². The van der Waals surface area contributed by atoms with Crippen molar-refractivity contribution in [2.75, 3.05) is 13.1 Å². The number of rotatable bonds is 4. The van der Waals surface area contributed by atoms with E-state index < -0.39 is 0 Å². The SMILES string of the molecule is O=C(C(c1ccccc1)C1CCCC1)N1CC(c2ccncc2)C1. The summed E-state index contributed by atoms with van der Waals surface area (Å²) in [6.07, 6.45) is 8.58. The lowest BCUT2D eigenvalue weighted by atomic mass is 9.81. The standard InChI is InChI=1S/C21H24N2O/c24-21(23-14-19(15-23)16-10-12-22-13-11-16)20(18-8-4-5-9-18)17-6-2-1-3-7-17/h1-3,6-7,10-13,18-20H,4-5,8-9,14-15H2. The molecule has 2 fully saturated rings. The Balaban J connectivity index is 1.49. The second kappa shape index (κ2) is 6.76. The lowest BCUT2D eigenvalue weighted by Gasteiger charge is -2.42. The van der Waals surface area contributed by atoms with E-state index in [0.29, 0.717) is 17.7 Å². The fourth-order valence-electron chi connectivity index (χ4n) is 4.27. The van der Waals surface area contributed by atoms with E-state index in [4.69, 9.17) is 0 Å². The molecule has 3 heteroatoms. The molecule has 124 valence electrons. The first-order chi connectivity index (χ1) is 11.8. The van der Waals surface area contributed by atoms with Gasteiger partial charge in [-0.15, -0.1) is 0 Å². The van der Waals surface area contributed by atoms with Crippen molar-refractivity contribution in [3.63, 3.8) is 0 Å². The van der Waals surface area contributed by atoms with Gasteiger partial charge in [-0.05, 0) is 42.0 Å². The van der Waals surface area contributed by atoms with E-state index >= 15 is 0 Å². The number of amides is 1. The molecule has 1 aliphatic carbocycles. The van der Waals surface area contributed by atoms with Gasteiger partial charge in [-0.3, -0.25) is 9.78 Å². The van der Waals surface area contributed by atoms with Crippen molar-refractivity contribution in [3.05, 3.63) is 66.0 Å². The summed E-state index contributed by atoms with van der Waals surface area (Å²) in [6, 6.07) is 14.5. The summed E-state index contributed by atoms with van der Waals surface area (Å²) in [7, 11) is 0. The Morgan fingerprint density at radius 2 is 1.67 bits per heavy atom. The molecule has 0 spiro atoms. The van der Waals surface area contributed by atoms with Crippen LogP contribution in [0, 0.1) is 5.92 Å². The van der Waals surface area contributed by atoms with Gasteiger partial charge >= 0.3 is 0 Å². The summed E-state index contributed by atoms with van der Waals surface area (Å²) in [5, 5.41) is 0. The maximum Gasteiger partial charge on any atom is 0.230 e. The third-order valence-electron chi connectivity index (χ3n) is 5.67. The molecular formula is C21H24N2O. The van der Waals surface area contributed by atoms with E-state index in [9.17, 15) is 4.79 Å². The van der Waals surface area contributed by atoms with Crippen molar-refractivity contribution in [2.45, 2.75) is 37.5 Å². The molecule has 1 aromatic heterocycles. The zero-order valence-electron chi connectivity index (χ0n) is 14.0. The highest BCUT2D eigenvalue weighted by atomic mass is 16.2. The summed E-state index contributed by atoms with van der Waals surface area (Å²) in [4.78, 5) is 19.3. The van der Waals surface area contributed by atoms with Crippen molar-refractivity contribution in [2.24, 2.45) is 5.92 Å². The second-order valence-electron chi connectivity index (χ2n) is 7.15. The summed E-state index contributed by atoms with van der Waals surface area (Å²) >= 11 is 0. The van der Waals surface area contributed by atoms with Crippen LogP contribution in [0.3, 0.4) is 0 Å². The molecule has 2 heterocycles. The van der Waals surface area contributed by atoms with Crippen LogP contribution in [0.4, 0.5) is 0 Å². The van der Waals surface area contributed by atoms with Gasteiger partial charge in [-0.25, -0.2) is 0 Å². The minimum Gasteiger partial charge on any atom is -0.341 e. The van der Waals surface area contributed by atoms with Gasteiger partial charge in [-0.1, -0.05) is 43.2 Å². The predicted molar refractivity (Wildman–Crippen MR) is 94.7 cm³/mol. The molecule has 1 amide bonds. The average Bonchev–Trinajstić information content (AvgIpc) is 3.10. The summed E-state index contributed by atoms with van der Waals surface area (Å²) in [5.41, 5.74) is 2.49. The Kier molecular flexibility index (Phi) is 4.33. The first kappa shape index (κ1) is 15.4. The fourth-order valence-corrected chi connectivity index (χ4v) is 4.27. The lowest BCUT2D eigenvalue weighted by molar-refractivity contribution is -0.138. The number of carbonyl (C=O) groups is 1. The Hall–Kier alpha value is -2.16. The maximum absolute atomic E-state index is 13.2. The van der Waals surface area contributed by atoms with Crippen molar-refractivity contribution < 1.29 is 4.79 Å². The minimum atomic E-state index is 0.0482. The normalized spacial score (nSPS) is 19.9. The van der Waals surface area contributed by atoms with Crippen LogP contribution in [0.15, 0.2) is 54.9 Å². The molecule has 1 atom stereocenters. The molecule has 0 radical (unpaired) electrons. The molecular weight excluding hydrogens is 296 g/mol. The van der Waals surface area contributed by atoms with E-state index in [1.54, 1.807) is 0 Å². The molecule has 2 aliphatic rings. The number of pyridine rings is 1.